The average Bonchev–Trinajstić information content (AvgIpc) is 2.66. The number of halogens is 4. The van der Waals surface area contributed by atoms with E-state index in [1.54, 1.807) is 12.1 Å². The third-order valence-corrected chi connectivity index (χ3v) is 4.62. The molecule has 29 heavy (non-hydrogen) atoms. The fourth-order valence-corrected chi connectivity index (χ4v) is 3.02. The summed E-state index contributed by atoms with van der Waals surface area (Å²) in [7, 11) is 0. The molecule has 0 bridgehead atoms. The van der Waals surface area contributed by atoms with Gasteiger partial charge in [-0.15, -0.1) is 0 Å². The van der Waals surface area contributed by atoms with Crippen molar-refractivity contribution in [3.63, 3.8) is 0 Å². The molecule has 0 saturated carbocycles. The Kier molecular flexibility index (Phi) is 9.04. The lowest BCUT2D eigenvalue weighted by molar-refractivity contribution is -0.126. The van der Waals surface area contributed by atoms with E-state index >= 15 is 0 Å². The zero-order chi connectivity index (χ0) is 21.4. The number of anilines is 2. The number of hydrogen-bond acceptors (Lipinski definition) is 4. The highest BCUT2D eigenvalue weighted by Crippen LogP contribution is 2.27. The van der Waals surface area contributed by atoms with Crippen LogP contribution in [0.4, 0.5) is 11.4 Å². The van der Waals surface area contributed by atoms with Gasteiger partial charge in [0.1, 0.15) is 6.61 Å². The Labute approximate surface area is 188 Å². The zero-order valence-electron chi connectivity index (χ0n) is 15.2. The highest BCUT2D eigenvalue weighted by Gasteiger charge is 2.27. The molecule has 0 aliphatic rings. The molecule has 2 aromatic rings. The number of hydrogen-bond donors (Lipinski definition) is 2. The molecule has 154 valence electrons. The summed E-state index contributed by atoms with van der Waals surface area (Å²) in [5.74, 6) is -2.65. The van der Waals surface area contributed by atoms with Crippen molar-refractivity contribution >= 4 is 75.8 Å². The number of nitrogens with one attached hydrogen (secondary N) is 2. The molecule has 2 rings (SSSR count). The molecule has 0 aromatic heterocycles. The number of oxime groups is 1. The summed E-state index contributed by atoms with van der Waals surface area (Å²) >= 11 is 23.9. The van der Waals surface area contributed by atoms with E-state index in [-0.39, 0.29) is 10.0 Å². The third kappa shape index (κ3) is 7.08. The quantitative estimate of drug-likeness (QED) is 0.215. The predicted octanol–water partition coefficient (Wildman–Crippen LogP) is 5.91. The van der Waals surface area contributed by atoms with Crippen LogP contribution in [0.15, 0.2) is 41.6 Å². The third-order valence-electron chi connectivity index (χ3n) is 3.52. The molecule has 0 heterocycles. The van der Waals surface area contributed by atoms with Crippen LogP contribution in [0.1, 0.15) is 13.3 Å². The number of rotatable bonds is 8. The topological polar surface area (TPSA) is 79.8 Å². The highest BCUT2D eigenvalue weighted by molar-refractivity contribution is 6.38. The second-order valence-electron chi connectivity index (χ2n) is 5.79. The molecule has 0 unspecified atom stereocenters. The highest BCUT2D eigenvalue weighted by atomic mass is 35.5. The maximum Gasteiger partial charge on any atom is 0.242 e. The Morgan fingerprint density at radius 3 is 1.86 bits per heavy atom. The Morgan fingerprint density at radius 1 is 0.966 bits per heavy atom. The predicted molar refractivity (Wildman–Crippen MR) is 118 cm³/mol. The molecular formula is C19H17Cl4N3O3. The van der Waals surface area contributed by atoms with Gasteiger partial charge in [-0.2, -0.15) is 0 Å². The second-order valence-corrected chi connectivity index (χ2v) is 7.48. The molecule has 0 spiro atoms. The van der Waals surface area contributed by atoms with Gasteiger partial charge in [-0.3, -0.25) is 9.59 Å². The van der Waals surface area contributed by atoms with E-state index in [4.69, 9.17) is 51.2 Å². The molecular weight excluding hydrogens is 460 g/mol. The van der Waals surface area contributed by atoms with Gasteiger partial charge in [0.2, 0.25) is 11.8 Å². The summed E-state index contributed by atoms with van der Waals surface area (Å²) in [5.41, 5.74) is 0.595. The number of benzene rings is 2. The van der Waals surface area contributed by atoms with Crippen LogP contribution in [0, 0.1) is 5.92 Å². The van der Waals surface area contributed by atoms with Crippen molar-refractivity contribution in [1.29, 1.82) is 0 Å². The lowest BCUT2D eigenvalue weighted by Crippen LogP contribution is -2.35. The largest absolute Gasteiger partial charge is 0.396 e. The second kappa shape index (κ2) is 11.3. The van der Waals surface area contributed by atoms with Gasteiger partial charge in [0.25, 0.3) is 0 Å². The molecule has 0 aliphatic carbocycles. The van der Waals surface area contributed by atoms with Crippen LogP contribution >= 0.6 is 46.4 Å². The minimum Gasteiger partial charge on any atom is -0.396 e. The van der Waals surface area contributed by atoms with Crippen LogP contribution in [0.25, 0.3) is 0 Å². The average molecular weight is 477 g/mol. The molecule has 0 aliphatic heterocycles. The fraction of sp³-hybridized carbons (Fsp3) is 0.211. The lowest BCUT2D eigenvalue weighted by Gasteiger charge is -2.15. The molecule has 0 fully saturated rings. The first-order valence-electron chi connectivity index (χ1n) is 8.49. The molecule has 0 radical (unpaired) electrons. The monoisotopic (exact) mass is 475 g/mol. The van der Waals surface area contributed by atoms with Gasteiger partial charge in [0.05, 0.1) is 27.6 Å². The first-order chi connectivity index (χ1) is 13.8. The Hall–Kier alpha value is -1.99. The van der Waals surface area contributed by atoms with Crippen molar-refractivity contribution in [2.45, 2.75) is 13.3 Å². The van der Waals surface area contributed by atoms with Gasteiger partial charge in [0.15, 0.2) is 5.92 Å². The van der Waals surface area contributed by atoms with E-state index < -0.39 is 17.7 Å². The zero-order valence-corrected chi connectivity index (χ0v) is 18.2. The first-order valence-corrected chi connectivity index (χ1v) is 10.00. The number of carbonyl (C=O) groups excluding carboxylic acids is 2. The van der Waals surface area contributed by atoms with Crippen molar-refractivity contribution < 1.29 is 14.4 Å². The van der Waals surface area contributed by atoms with Crippen molar-refractivity contribution in [2.24, 2.45) is 11.1 Å². The van der Waals surface area contributed by atoms with Crippen molar-refractivity contribution in [2.75, 3.05) is 17.2 Å². The molecule has 2 aromatic carbocycles. The number of carbonyl (C=O) groups is 2. The van der Waals surface area contributed by atoms with E-state index in [1.807, 2.05) is 6.92 Å². The van der Waals surface area contributed by atoms with Gasteiger partial charge in [-0.1, -0.05) is 58.5 Å². The summed E-state index contributed by atoms with van der Waals surface area (Å²) in [5, 5.41) is 10.1. The van der Waals surface area contributed by atoms with Gasteiger partial charge in [-0.25, -0.2) is 0 Å². The van der Waals surface area contributed by atoms with Gasteiger partial charge >= 0.3 is 0 Å². The van der Waals surface area contributed by atoms with Crippen molar-refractivity contribution in [1.82, 2.24) is 0 Å². The fourth-order valence-electron chi connectivity index (χ4n) is 2.11. The Morgan fingerprint density at radius 2 is 1.45 bits per heavy atom. The van der Waals surface area contributed by atoms with Crippen molar-refractivity contribution in [3.8, 4) is 0 Å². The Bertz CT molecular complexity index is 856. The number of amides is 2. The van der Waals surface area contributed by atoms with Crippen LogP contribution < -0.4 is 10.6 Å². The summed E-state index contributed by atoms with van der Waals surface area (Å²) in [4.78, 5) is 30.5. The minimum absolute atomic E-state index is 0.227. The van der Waals surface area contributed by atoms with Crippen LogP contribution in [0.5, 0.6) is 0 Å². The van der Waals surface area contributed by atoms with Crippen LogP contribution in [0.2, 0.25) is 20.1 Å². The normalized spacial score (nSPS) is 11.0. The van der Waals surface area contributed by atoms with E-state index in [0.717, 1.165) is 12.6 Å². The summed E-state index contributed by atoms with van der Waals surface area (Å²) in [6.45, 7) is 2.25. The first kappa shape index (κ1) is 23.3. The summed E-state index contributed by atoms with van der Waals surface area (Å²) < 4.78 is 0. The molecule has 2 N–H and O–H groups in total. The minimum atomic E-state index is -1.31. The van der Waals surface area contributed by atoms with Gasteiger partial charge < -0.3 is 15.5 Å². The SMILES string of the molecule is CCCO/N=C\C(C(=O)Nc1ccc(Cl)cc1Cl)C(=O)Nc1ccc(Cl)cc1Cl. The molecule has 2 amide bonds. The van der Waals surface area contributed by atoms with Crippen LogP contribution in [-0.2, 0) is 14.4 Å². The molecule has 6 nitrogen and oxygen atoms in total. The van der Waals surface area contributed by atoms with Crippen LogP contribution in [0.3, 0.4) is 0 Å². The van der Waals surface area contributed by atoms with Gasteiger partial charge in [0, 0.05) is 10.0 Å². The van der Waals surface area contributed by atoms with Crippen molar-refractivity contribution in [3.05, 3.63) is 56.5 Å². The lowest BCUT2D eigenvalue weighted by atomic mass is 10.1. The maximum atomic E-state index is 12.7. The standard InChI is InChI=1S/C19H17Cl4N3O3/c1-2-7-29-24-10-13(18(27)25-16-5-3-11(20)8-14(16)22)19(28)26-17-6-4-12(21)9-15(17)23/h3-6,8-10,13H,2,7H2,1H3,(H,25,27)(H,26,28)/b24-10-. The Balaban J connectivity index is 2.21. The summed E-state index contributed by atoms with van der Waals surface area (Å²) in [6.07, 6.45) is 1.83. The van der Waals surface area contributed by atoms with E-state index in [1.165, 1.54) is 24.3 Å². The van der Waals surface area contributed by atoms with Gasteiger partial charge in [-0.05, 0) is 42.8 Å². The number of nitrogens with zero attached hydrogens (tertiary/aromatic N) is 1. The molecule has 10 heteroatoms. The maximum absolute atomic E-state index is 12.7. The van der Waals surface area contributed by atoms with E-state index in [2.05, 4.69) is 15.8 Å². The van der Waals surface area contributed by atoms with E-state index in [9.17, 15) is 9.59 Å². The molecule has 0 atom stereocenters. The summed E-state index contributed by atoms with van der Waals surface area (Å²) in [6, 6.07) is 9.12. The van der Waals surface area contributed by atoms with E-state index in [0.29, 0.717) is 28.0 Å². The molecule has 0 saturated heterocycles. The smallest absolute Gasteiger partial charge is 0.242 e. The van der Waals surface area contributed by atoms with Crippen LogP contribution in [-0.4, -0.2) is 24.6 Å².